The maximum absolute atomic E-state index is 2.66. The van der Waals surface area contributed by atoms with Crippen LogP contribution in [0.3, 0.4) is 0 Å². The smallest absolute Gasteiger partial charge is 0.0545 e. The zero-order chi connectivity index (χ0) is 33.4. The van der Waals surface area contributed by atoms with Gasteiger partial charge in [-0.3, -0.25) is 0 Å². The van der Waals surface area contributed by atoms with Gasteiger partial charge < -0.3 is 9.80 Å². The maximum atomic E-state index is 2.66. The van der Waals surface area contributed by atoms with Crippen LogP contribution in [0.5, 0.6) is 0 Å². The number of para-hydroxylation sites is 2. The Balaban J connectivity index is 1.46. The fraction of sp³-hybridized carbons (Fsp3) is 0.333. The van der Waals surface area contributed by atoms with Crippen LogP contribution in [0.25, 0.3) is 0 Å². The van der Waals surface area contributed by atoms with Crippen molar-refractivity contribution in [2.45, 2.75) is 97.8 Å². The quantitative estimate of drug-likeness (QED) is 0.199. The zero-order valence-corrected chi connectivity index (χ0v) is 30.1. The number of hydrogen-bond donors (Lipinski definition) is 0. The molecular weight excluding hydrogens is 569 g/mol. The van der Waals surface area contributed by atoms with Gasteiger partial charge in [-0.1, -0.05) is 117 Å². The molecule has 3 heterocycles. The Kier molecular flexibility index (Phi) is 6.02. The summed E-state index contributed by atoms with van der Waals surface area (Å²) in [7, 11) is 0. The molecule has 0 aromatic heterocycles. The molecule has 0 unspecified atom stereocenters. The van der Waals surface area contributed by atoms with Crippen LogP contribution in [0.15, 0.2) is 91.0 Å². The second kappa shape index (κ2) is 9.41. The fourth-order valence-corrected chi connectivity index (χ4v) is 8.94. The minimum atomic E-state index is -0.192. The average molecular weight is 617 g/mol. The van der Waals surface area contributed by atoms with Crippen LogP contribution in [-0.2, 0) is 21.7 Å². The summed E-state index contributed by atoms with van der Waals surface area (Å²) in [5.41, 5.74) is 19.7. The summed E-state index contributed by atoms with van der Waals surface area (Å²) in [6.07, 6.45) is 0. The third-order valence-electron chi connectivity index (χ3n) is 11.6. The summed E-state index contributed by atoms with van der Waals surface area (Å²) in [6, 6.07) is 35.3. The molecule has 0 aliphatic carbocycles. The maximum Gasteiger partial charge on any atom is 0.0545 e. The van der Waals surface area contributed by atoms with Crippen molar-refractivity contribution in [2.75, 3.05) is 9.80 Å². The van der Waals surface area contributed by atoms with Gasteiger partial charge in [-0.25, -0.2) is 0 Å². The Morgan fingerprint density at radius 1 is 0.468 bits per heavy atom. The molecule has 0 fully saturated rings. The van der Waals surface area contributed by atoms with E-state index in [0.29, 0.717) is 0 Å². The third kappa shape index (κ3) is 4.03. The van der Waals surface area contributed by atoms with E-state index in [1.165, 1.54) is 84.2 Å². The molecule has 238 valence electrons. The summed E-state index contributed by atoms with van der Waals surface area (Å²) >= 11 is 0. The molecule has 0 N–H and O–H groups in total. The van der Waals surface area contributed by atoms with Crippen molar-refractivity contribution in [3.8, 4) is 0 Å². The fourth-order valence-electron chi connectivity index (χ4n) is 8.94. The van der Waals surface area contributed by atoms with E-state index >= 15 is 0 Å². The lowest BCUT2D eigenvalue weighted by atomic mass is 9.61. The van der Waals surface area contributed by atoms with Crippen LogP contribution >= 0.6 is 0 Å². The molecule has 0 radical (unpaired) electrons. The minimum absolute atomic E-state index is 0.0899. The standard InChI is InChI=1S/C45H48N2/c1-27-22-28(2)24-31(23-27)46(30-20-18-29(19-21-30)42(3,4)5)32-25-37-41-38(26-32)45(10,11)36-17-13-15-34-40(36)47(41)39-33(43(34,6)7)14-12-16-35(39)44(37,8)9/h12-26H,1-11H3. The topological polar surface area (TPSA) is 6.48 Å². The number of anilines is 6. The molecule has 5 aromatic carbocycles. The predicted octanol–water partition coefficient (Wildman–Crippen LogP) is 12.5. The highest BCUT2D eigenvalue weighted by Crippen LogP contribution is 2.66. The molecule has 3 aliphatic heterocycles. The lowest BCUT2D eigenvalue weighted by Crippen LogP contribution is -2.43. The second-order valence-corrected chi connectivity index (χ2v) is 17.0. The molecule has 3 aliphatic rings. The predicted molar refractivity (Wildman–Crippen MR) is 200 cm³/mol. The molecule has 0 spiro atoms. The Hall–Kier alpha value is -4.30. The van der Waals surface area contributed by atoms with Gasteiger partial charge in [-0.2, -0.15) is 0 Å². The summed E-state index contributed by atoms with van der Waals surface area (Å²) in [6.45, 7) is 25.9. The summed E-state index contributed by atoms with van der Waals surface area (Å²) in [5, 5.41) is 0. The van der Waals surface area contributed by atoms with Crippen molar-refractivity contribution in [1.29, 1.82) is 0 Å². The van der Waals surface area contributed by atoms with Crippen molar-refractivity contribution in [2.24, 2.45) is 0 Å². The van der Waals surface area contributed by atoms with Gasteiger partial charge in [0.2, 0.25) is 0 Å². The molecule has 8 rings (SSSR count). The van der Waals surface area contributed by atoms with Crippen molar-refractivity contribution in [3.05, 3.63) is 141 Å². The normalized spacial score (nSPS) is 17.3. The first-order chi connectivity index (χ1) is 22.0. The largest absolute Gasteiger partial charge is 0.310 e. The first-order valence-corrected chi connectivity index (χ1v) is 17.3. The van der Waals surface area contributed by atoms with E-state index in [-0.39, 0.29) is 21.7 Å². The van der Waals surface area contributed by atoms with Crippen molar-refractivity contribution in [1.82, 2.24) is 0 Å². The second-order valence-electron chi connectivity index (χ2n) is 17.0. The molecule has 0 atom stereocenters. The molecule has 5 aromatic rings. The Labute approximate surface area is 282 Å². The van der Waals surface area contributed by atoms with Gasteiger partial charge in [-0.15, -0.1) is 0 Å². The number of aryl methyl sites for hydroxylation is 2. The molecule has 2 heteroatoms. The number of hydrogen-bond acceptors (Lipinski definition) is 2. The van der Waals surface area contributed by atoms with E-state index in [1.807, 2.05) is 0 Å². The van der Waals surface area contributed by atoms with Gasteiger partial charge in [0.1, 0.15) is 0 Å². The molecule has 2 nitrogen and oxygen atoms in total. The Morgan fingerprint density at radius 3 is 1.28 bits per heavy atom. The summed E-state index contributed by atoms with van der Waals surface area (Å²) < 4.78 is 0. The zero-order valence-electron chi connectivity index (χ0n) is 30.1. The lowest BCUT2D eigenvalue weighted by molar-refractivity contribution is 0.566. The van der Waals surface area contributed by atoms with Gasteiger partial charge in [0, 0.05) is 33.3 Å². The molecule has 0 saturated carbocycles. The van der Waals surface area contributed by atoms with Gasteiger partial charge in [-0.05, 0) is 106 Å². The average Bonchev–Trinajstić information content (AvgIpc) is 2.99. The highest BCUT2D eigenvalue weighted by Gasteiger charge is 2.51. The van der Waals surface area contributed by atoms with Crippen LogP contribution in [0.1, 0.15) is 112 Å². The van der Waals surface area contributed by atoms with Gasteiger partial charge >= 0.3 is 0 Å². The van der Waals surface area contributed by atoms with E-state index in [9.17, 15) is 0 Å². The van der Waals surface area contributed by atoms with Crippen molar-refractivity contribution < 1.29 is 0 Å². The number of benzene rings is 5. The van der Waals surface area contributed by atoms with Gasteiger partial charge in [0.05, 0.1) is 17.1 Å². The summed E-state index contributed by atoms with van der Waals surface area (Å²) in [5.74, 6) is 0. The number of rotatable bonds is 3. The Bertz CT molecular complexity index is 2010. The SMILES string of the molecule is Cc1cc(C)cc(N(c2ccc(C(C)(C)C)cc2)c2cc3c4c(c2)C(C)(C)c2cccc5c2N4c2c(cccc2C3(C)C)C5(C)C)c1. The van der Waals surface area contributed by atoms with Gasteiger partial charge in [0.15, 0.2) is 0 Å². The third-order valence-corrected chi connectivity index (χ3v) is 11.6. The van der Waals surface area contributed by atoms with Crippen LogP contribution in [0.4, 0.5) is 34.1 Å². The van der Waals surface area contributed by atoms with Gasteiger partial charge in [0.25, 0.3) is 0 Å². The highest BCUT2D eigenvalue weighted by atomic mass is 15.2. The highest BCUT2D eigenvalue weighted by molar-refractivity contribution is 5.99. The number of nitrogens with zero attached hydrogens (tertiary/aromatic N) is 2. The van der Waals surface area contributed by atoms with E-state index in [1.54, 1.807) is 0 Å². The molecular formula is C45H48N2. The molecule has 0 saturated heterocycles. The van der Waals surface area contributed by atoms with Crippen molar-refractivity contribution >= 4 is 34.1 Å². The monoisotopic (exact) mass is 616 g/mol. The van der Waals surface area contributed by atoms with Crippen molar-refractivity contribution in [3.63, 3.8) is 0 Å². The van der Waals surface area contributed by atoms with Crippen LogP contribution in [-0.4, -0.2) is 0 Å². The van der Waals surface area contributed by atoms with E-state index in [4.69, 9.17) is 0 Å². The molecule has 0 bridgehead atoms. The summed E-state index contributed by atoms with van der Waals surface area (Å²) in [4.78, 5) is 5.15. The lowest BCUT2D eigenvalue weighted by Gasteiger charge is -2.55. The minimum Gasteiger partial charge on any atom is -0.310 e. The Morgan fingerprint density at radius 2 is 0.851 bits per heavy atom. The van der Waals surface area contributed by atoms with Crippen LogP contribution in [0.2, 0.25) is 0 Å². The van der Waals surface area contributed by atoms with Crippen LogP contribution in [0, 0.1) is 13.8 Å². The molecule has 0 amide bonds. The van der Waals surface area contributed by atoms with Crippen LogP contribution < -0.4 is 9.80 Å². The van der Waals surface area contributed by atoms with E-state index < -0.39 is 0 Å². The van der Waals surface area contributed by atoms with E-state index in [2.05, 4.69) is 177 Å². The molecule has 47 heavy (non-hydrogen) atoms. The van der Waals surface area contributed by atoms with E-state index in [0.717, 1.165) is 0 Å². The first-order valence-electron chi connectivity index (χ1n) is 17.3. The first kappa shape index (κ1) is 30.1.